The van der Waals surface area contributed by atoms with E-state index in [9.17, 15) is 4.79 Å². The van der Waals surface area contributed by atoms with E-state index in [0.29, 0.717) is 5.75 Å². The minimum Gasteiger partial charge on any atom is -0.495 e. The maximum absolute atomic E-state index is 10.9. The predicted molar refractivity (Wildman–Crippen MR) is 63.9 cm³/mol. The van der Waals surface area contributed by atoms with Gasteiger partial charge in [-0.1, -0.05) is 12.1 Å². The van der Waals surface area contributed by atoms with Crippen LogP contribution in [0.1, 0.15) is 5.56 Å². The molecule has 16 heavy (non-hydrogen) atoms. The second-order valence-electron chi connectivity index (χ2n) is 2.72. The van der Waals surface area contributed by atoms with Gasteiger partial charge in [0.05, 0.1) is 11.6 Å². The number of para-hydroxylation sites is 1. The van der Waals surface area contributed by atoms with E-state index >= 15 is 0 Å². The molecular formula is C10H8BrN3O2. The lowest BCUT2D eigenvalue weighted by Gasteiger charge is -2.06. The molecule has 0 spiro atoms. The monoisotopic (exact) mass is 281 g/mol. The van der Waals surface area contributed by atoms with Crippen LogP contribution < -0.4 is 4.74 Å². The zero-order chi connectivity index (χ0) is 12.0. The Morgan fingerprint density at radius 2 is 2.38 bits per heavy atom. The number of carbonyl (C=O) groups excluding carboxylic acids is 1. The number of azide groups is 1. The highest BCUT2D eigenvalue weighted by Gasteiger charge is 2.03. The number of ether oxygens (including phenoxy) is 1. The largest absolute Gasteiger partial charge is 0.495 e. The molecule has 0 saturated carbocycles. The van der Waals surface area contributed by atoms with E-state index in [1.54, 1.807) is 6.07 Å². The number of methoxy groups -OCH3 is 1. The molecular weight excluding hydrogens is 274 g/mol. The number of amides is 1. The molecule has 1 amide bonds. The minimum absolute atomic E-state index is 0.618. The van der Waals surface area contributed by atoms with Crippen LogP contribution in [0.3, 0.4) is 0 Å². The first kappa shape index (κ1) is 12.3. The zero-order valence-corrected chi connectivity index (χ0v) is 10.0. The smallest absolute Gasteiger partial charge is 0.242 e. The maximum atomic E-state index is 10.9. The van der Waals surface area contributed by atoms with Gasteiger partial charge in [0.25, 0.3) is 0 Å². The van der Waals surface area contributed by atoms with E-state index in [4.69, 9.17) is 10.3 Å². The van der Waals surface area contributed by atoms with Crippen LogP contribution in [-0.4, -0.2) is 13.0 Å². The summed E-state index contributed by atoms with van der Waals surface area (Å²) in [7, 11) is 1.53. The summed E-state index contributed by atoms with van der Waals surface area (Å²) in [6.45, 7) is 0. The molecule has 0 aromatic heterocycles. The van der Waals surface area contributed by atoms with Crippen LogP contribution in [0, 0.1) is 0 Å². The van der Waals surface area contributed by atoms with Crippen molar-refractivity contribution in [3.8, 4) is 5.75 Å². The summed E-state index contributed by atoms with van der Waals surface area (Å²) in [4.78, 5) is 13.3. The molecule has 0 aliphatic heterocycles. The second-order valence-corrected chi connectivity index (χ2v) is 3.58. The molecule has 0 atom stereocenters. The third-order valence-corrected chi connectivity index (χ3v) is 2.37. The topological polar surface area (TPSA) is 75.1 Å². The molecule has 0 bridgehead atoms. The van der Waals surface area contributed by atoms with Gasteiger partial charge in [-0.25, -0.2) is 0 Å². The number of rotatable bonds is 3. The van der Waals surface area contributed by atoms with Gasteiger partial charge in [0.2, 0.25) is 5.91 Å². The summed E-state index contributed by atoms with van der Waals surface area (Å²) in [6, 6.07) is 5.42. The molecule has 0 aliphatic carbocycles. The van der Waals surface area contributed by atoms with Gasteiger partial charge in [-0.15, -0.1) is 0 Å². The molecule has 0 saturated heterocycles. The fourth-order valence-electron chi connectivity index (χ4n) is 1.11. The van der Waals surface area contributed by atoms with Crippen molar-refractivity contribution >= 4 is 27.9 Å². The molecule has 0 fully saturated rings. The van der Waals surface area contributed by atoms with Gasteiger partial charge in [0.1, 0.15) is 5.75 Å². The van der Waals surface area contributed by atoms with E-state index in [1.165, 1.54) is 19.3 Å². The standard InChI is InChI=1S/C10H8BrN3O2/c1-16-10-7(3-2-4-8(10)11)5-6-9(15)13-14-12/h2-6H,1H3/b6-5+. The Hall–Kier alpha value is -1.78. The van der Waals surface area contributed by atoms with Crippen LogP contribution in [0.2, 0.25) is 0 Å². The molecule has 0 unspecified atom stereocenters. The van der Waals surface area contributed by atoms with Crippen molar-refractivity contribution < 1.29 is 9.53 Å². The van der Waals surface area contributed by atoms with E-state index in [2.05, 4.69) is 26.0 Å². The van der Waals surface area contributed by atoms with Gasteiger partial charge in [-0.3, -0.25) is 4.79 Å². The molecule has 5 nitrogen and oxygen atoms in total. The lowest BCUT2D eigenvalue weighted by Crippen LogP contribution is -1.89. The highest BCUT2D eigenvalue weighted by molar-refractivity contribution is 9.10. The Morgan fingerprint density at radius 3 is 3.00 bits per heavy atom. The van der Waals surface area contributed by atoms with Crippen molar-refractivity contribution in [2.75, 3.05) is 7.11 Å². The van der Waals surface area contributed by atoms with Crippen molar-refractivity contribution in [1.82, 2.24) is 0 Å². The third kappa shape index (κ3) is 3.12. The van der Waals surface area contributed by atoms with Crippen LogP contribution in [0.5, 0.6) is 5.75 Å². The van der Waals surface area contributed by atoms with Gasteiger partial charge in [0.15, 0.2) is 0 Å². The van der Waals surface area contributed by atoms with Crippen LogP contribution >= 0.6 is 15.9 Å². The molecule has 82 valence electrons. The first-order chi connectivity index (χ1) is 7.69. The minimum atomic E-state index is -0.649. The van der Waals surface area contributed by atoms with Crippen LogP contribution in [0.4, 0.5) is 0 Å². The van der Waals surface area contributed by atoms with E-state index in [-0.39, 0.29) is 0 Å². The fraction of sp³-hybridized carbons (Fsp3) is 0.100. The van der Waals surface area contributed by atoms with Gasteiger partial charge < -0.3 is 4.74 Å². The number of halogens is 1. The van der Waals surface area contributed by atoms with E-state index < -0.39 is 5.91 Å². The molecule has 6 heteroatoms. The third-order valence-electron chi connectivity index (χ3n) is 1.75. The summed E-state index contributed by atoms with van der Waals surface area (Å²) in [6.07, 6.45) is 2.71. The van der Waals surface area contributed by atoms with Crippen LogP contribution in [-0.2, 0) is 4.79 Å². The Morgan fingerprint density at radius 1 is 1.62 bits per heavy atom. The van der Waals surface area contributed by atoms with Crippen molar-refractivity contribution in [2.45, 2.75) is 0 Å². The molecule has 0 heterocycles. The lowest BCUT2D eigenvalue weighted by atomic mass is 10.2. The summed E-state index contributed by atoms with van der Waals surface area (Å²) in [5.74, 6) is -0.0305. The second kappa shape index (κ2) is 5.95. The molecule has 1 aromatic carbocycles. The maximum Gasteiger partial charge on any atom is 0.242 e. The van der Waals surface area contributed by atoms with Gasteiger partial charge in [-0.05, 0) is 44.8 Å². The summed E-state index contributed by atoms with van der Waals surface area (Å²) < 4.78 is 5.94. The Labute approximate surface area is 100 Å². The summed E-state index contributed by atoms with van der Waals surface area (Å²) >= 11 is 3.32. The van der Waals surface area contributed by atoms with Crippen LogP contribution in [0.25, 0.3) is 16.5 Å². The summed E-state index contributed by atoms with van der Waals surface area (Å²) in [5, 5.41) is 2.92. The normalized spacial score (nSPS) is 9.88. The van der Waals surface area contributed by atoms with Crippen molar-refractivity contribution in [2.24, 2.45) is 5.11 Å². The first-order valence-electron chi connectivity index (χ1n) is 4.28. The average Bonchev–Trinajstić information content (AvgIpc) is 2.27. The average molecular weight is 282 g/mol. The van der Waals surface area contributed by atoms with Crippen molar-refractivity contribution in [3.63, 3.8) is 0 Å². The molecule has 0 aliphatic rings. The molecule has 0 N–H and O–H groups in total. The quantitative estimate of drug-likeness (QED) is 0.369. The number of nitrogens with zero attached hydrogens (tertiary/aromatic N) is 3. The van der Waals surface area contributed by atoms with E-state index in [1.807, 2.05) is 12.1 Å². The Kier molecular flexibility index (Phi) is 4.57. The highest BCUT2D eigenvalue weighted by atomic mass is 79.9. The van der Waals surface area contributed by atoms with Gasteiger partial charge in [-0.2, -0.15) is 0 Å². The predicted octanol–water partition coefficient (Wildman–Crippen LogP) is 3.31. The van der Waals surface area contributed by atoms with Gasteiger partial charge >= 0.3 is 0 Å². The lowest BCUT2D eigenvalue weighted by molar-refractivity contribution is -0.113. The number of carbonyl (C=O) groups is 1. The fourth-order valence-corrected chi connectivity index (χ4v) is 1.65. The Balaban J connectivity index is 3.01. The SMILES string of the molecule is COc1c(Br)cccc1/C=C/C(=O)N=[N+]=[N-]. The summed E-state index contributed by atoms with van der Waals surface area (Å²) in [5.41, 5.74) is 8.77. The highest BCUT2D eigenvalue weighted by Crippen LogP contribution is 2.29. The first-order valence-corrected chi connectivity index (χ1v) is 5.08. The van der Waals surface area contributed by atoms with Gasteiger partial charge in [0, 0.05) is 10.5 Å². The van der Waals surface area contributed by atoms with Crippen LogP contribution in [0.15, 0.2) is 33.9 Å². The Bertz CT molecular complexity index is 479. The van der Waals surface area contributed by atoms with Crippen molar-refractivity contribution in [3.05, 3.63) is 44.8 Å². The molecule has 1 aromatic rings. The number of hydrogen-bond donors (Lipinski definition) is 0. The molecule has 0 radical (unpaired) electrons. The van der Waals surface area contributed by atoms with E-state index in [0.717, 1.165) is 10.0 Å². The molecule has 1 rings (SSSR count). The van der Waals surface area contributed by atoms with Crippen molar-refractivity contribution in [1.29, 1.82) is 0 Å². The zero-order valence-electron chi connectivity index (χ0n) is 8.42. The number of hydrogen-bond acceptors (Lipinski definition) is 2. The number of benzene rings is 1.